The molecule has 0 aliphatic carbocycles. The summed E-state index contributed by atoms with van der Waals surface area (Å²) >= 11 is 0. The maximum atomic E-state index is 14.1. The first-order valence-corrected chi connectivity index (χ1v) is 7.41. The Hall–Kier alpha value is -3.11. The quantitative estimate of drug-likeness (QED) is 0.642. The highest BCUT2D eigenvalue weighted by atomic mass is 19.1. The first-order chi connectivity index (χ1) is 11.5. The maximum absolute atomic E-state index is 14.1. The number of ether oxygens (including phenoxy) is 1. The zero-order valence-corrected chi connectivity index (χ0v) is 13.5. The molecule has 2 aromatic rings. The van der Waals surface area contributed by atoms with Gasteiger partial charge >= 0.3 is 5.97 Å². The van der Waals surface area contributed by atoms with E-state index in [9.17, 15) is 9.18 Å². The predicted octanol–water partition coefficient (Wildman–Crippen LogP) is 3.51. The number of rotatable bonds is 3. The summed E-state index contributed by atoms with van der Waals surface area (Å²) in [6.07, 6.45) is 0.425. The summed E-state index contributed by atoms with van der Waals surface area (Å²) in [5, 5.41) is 8.93. The second kappa shape index (κ2) is 7.94. The van der Waals surface area contributed by atoms with Gasteiger partial charge in [0.05, 0.1) is 18.7 Å². The number of esters is 1. The Bertz CT molecular complexity index is 869. The Morgan fingerprint density at radius 1 is 1.17 bits per heavy atom. The van der Waals surface area contributed by atoms with E-state index in [2.05, 4.69) is 22.6 Å². The molecule has 0 saturated heterocycles. The normalized spacial score (nSPS) is 9.58. The van der Waals surface area contributed by atoms with Crippen molar-refractivity contribution in [2.75, 3.05) is 7.11 Å². The lowest BCUT2D eigenvalue weighted by atomic mass is 10.0. The summed E-state index contributed by atoms with van der Waals surface area (Å²) in [5.41, 5.74) is 3.22. The largest absolute Gasteiger partial charge is 0.469 e. The maximum Gasteiger partial charge on any atom is 0.305 e. The molecule has 0 radical (unpaired) electrons. The summed E-state index contributed by atoms with van der Waals surface area (Å²) < 4.78 is 18.6. The lowest BCUT2D eigenvalue weighted by molar-refractivity contribution is -0.140. The number of carbonyl (C=O) groups excluding carboxylic acids is 1. The molecule has 0 N–H and O–H groups in total. The van der Waals surface area contributed by atoms with Crippen LogP contribution in [0.15, 0.2) is 36.4 Å². The summed E-state index contributed by atoms with van der Waals surface area (Å²) in [7, 11) is 1.31. The van der Waals surface area contributed by atoms with Gasteiger partial charge in [-0.3, -0.25) is 4.79 Å². The standard InChI is InChI=1S/C20H16FNO2/c1-14-3-4-16(13-22)11-18(14)8-6-15-5-7-17(19(21)12-15)9-10-20(23)24-2/h3-5,7,11-12H,9-10H2,1-2H3. The third-order valence-electron chi connectivity index (χ3n) is 3.59. The average molecular weight is 321 g/mol. The van der Waals surface area contributed by atoms with Gasteiger partial charge in [0.2, 0.25) is 0 Å². The van der Waals surface area contributed by atoms with Crippen LogP contribution in [0.1, 0.15) is 34.2 Å². The lowest BCUT2D eigenvalue weighted by Gasteiger charge is -2.03. The molecule has 2 aromatic carbocycles. The van der Waals surface area contributed by atoms with Gasteiger partial charge in [0.25, 0.3) is 0 Å². The van der Waals surface area contributed by atoms with Gasteiger partial charge in [-0.05, 0) is 48.7 Å². The fraction of sp³-hybridized carbons (Fsp3) is 0.200. The van der Waals surface area contributed by atoms with Crippen molar-refractivity contribution in [1.29, 1.82) is 5.26 Å². The average Bonchev–Trinajstić information content (AvgIpc) is 2.59. The molecule has 0 bridgehead atoms. The number of carbonyl (C=O) groups is 1. The molecule has 0 aliphatic heterocycles. The molecule has 2 rings (SSSR count). The van der Waals surface area contributed by atoms with Crippen LogP contribution >= 0.6 is 0 Å². The van der Waals surface area contributed by atoms with E-state index in [0.717, 1.165) is 11.1 Å². The van der Waals surface area contributed by atoms with Gasteiger partial charge in [-0.15, -0.1) is 0 Å². The number of halogens is 1. The van der Waals surface area contributed by atoms with Crippen LogP contribution in [0.3, 0.4) is 0 Å². The Kier molecular flexibility index (Phi) is 5.71. The molecule has 0 aliphatic rings. The van der Waals surface area contributed by atoms with Crippen LogP contribution in [0.25, 0.3) is 0 Å². The van der Waals surface area contributed by atoms with E-state index in [0.29, 0.717) is 16.7 Å². The molecule has 0 aromatic heterocycles. The molecule has 0 atom stereocenters. The van der Waals surface area contributed by atoms with E-state index in [1.165, 1.54) is 13.2 Å². The molecule has 0 spiro atoms. The Morgan fingerprint density at radius 3 is 2.58 bits per heavy atom. The highest BCUT2D eigenvalue weighted by molar-refractivity contribution is 5.69. The first-order valence-electron chi connectivity index (χ1n) is 7.41. The summed E-state index contributed by atoms with van der Waals surface area (Å²) in [6, 6.07) is 12.0. The van der Waals surface area contributed by atoms with Crippen molar-refractivity contribution >= 4 is 5.97 Å². The van der Waals surface area contributed by atoms with E-state index < -0.39 is 5.82 Å². The third kappa shape index (κ3) is 4.44. The van der Waals surface area contributed by atoms with Crippen molar-refractivity contribution in [3.8, 4) is 17.9 Å². The van der Waals surface area contributed by atoms with Gasteiger partial charge in [0, 0.05) is 17.5 Å². The fourth-order valence-electron chi connectivity index (χ4n) is 2.13. The van der Waals surface area contributed by atoms with Gasteiger partial charge in [0.1, 0.15) is 5.82 Å². The number of nitrogens with zero attached hydrogens (tertiary/aromatic N) is 1. The molecule has 120 valence electrons. The van der Waals surface area contributed by atoms with Crippen LogP contribution in [0.4, 0.5) is 4.39 Å². The van der Waals surface area contributed by atoms with Crippen molar-refractivity contribution in [1.82, 2.24) is 0 Å². The van der Waals surface area contributed by atoms with E-state index in [1.54, 1.807) is 24.3 Å². The third-order valence-corrected chi connectivity index (χ3v) is 3.59. The smallest absolute Gasteiger partial charge is 0.305 e. The van der Waals surface area contributed by atoms with Crippen molar-refractivity contribution in [3.63, 3.8) is 0 Å². The molecular formula is C20H16FNO2. The van der Waals surface area contributed by atoms with Crippen molar-refractivity contribution in [2.45, 2.75) is 19.8 Å². The summed E-state index contributed by atoms with van der Waals surface area (Å²) in [5.74, 6) is 5.11. The fourth-order valence-corrected chi connectivity index (χ4v) is 2.13. The Morgan fingerprint density at radius 2 is 1.92 bits per heavy atom. The number of hydrogen-bond donors (Lipinski definition) is 0. The van der Waals surface area contributed by atoms with E-state index in [-0.39, 0.29) is 18.8 Å². The number of aryl methyl sites for hydroxylation is 2. The Labute approximate surface area is 140 Å². The SMILES string of the molecule is COC(=O)CCc1ccc(C#Cc2cc(C#N)ccc2C)cc1F. The molecule has 3 nitrogen and oxygen atoms in total. The van der Waals surface area contributed by atoms with Gasteiger partial charge in [-0.1, -0.05) is 24.0 Å². The van der Waals surface area contributed by atoms with Gasteiger partial charge in [-0.2, -0.15) is 5.26 Å². The van der Waals surface area contributed by atoms with Crippen molar-refractivity contribution in [2.24, 2.45) is 0 Å². The molecule has 4 heteroatoms. The molecule has 24 heavy (non-hydrogen) atoms. The summed E-state index contributed by atoms with van der Waals surface area (Å²) in [6.45, 7) is 1.90. The van der Waals surface area contributed by atoms with Crippen LogP contribution in [-0.4, -0.2) is 13.1 Å². The van der Waals surface area contributed by atoms with Crippen LogP contribution < -0.4 is 0 Å². The minimum atomic E-state index is -0.395. The monoisotopic (exact) mass is 321 g/mol. The molecule has 0 heterocycles. The minimum Gasteiger partial charge on any atom is -0.469 e. The van der Waals surface area contributed by atoms with Crippen LogP contribution in [0.5, 0.6) is 0 Å². The topological polar surface area (TPSA) is 50.1 Å². The second-order valence-electron chi connectivity index (χ2n) is 5.27. The van der Waals surface area contributed by atoms with Crippen LogP contribution in [0, 0.1) is 35.9 Å². The van der Waals surface area contributed by atoms with E-state index in [1.807, 2.05) is 13.0 Å². The van der Waals surface area contributed by atoms with Crippen LogP contribution in [-0.2, 0) is 16.0 Å². The molecule has 0 unspecified atom stereocenters. The van der Waals surface area contributed by atoms with Crippen molar-refractivity contribution < 1.29 is 13.9 Å². The molecule has 0 fully saturated rings. The first kappa shape index (κ1) is 17.2. The summed E-state index contributed by atoms with van der Waals surface area (Å²) in [4.78, 5) is 11.1. The van der Waals surface area contributed by atoms with E-state index in [4.69, 9.17) is 5.26 Å². The minimum absolute atomic E-state index is 0.137. The number of hydrogen-bond acceptors (Lipinski definition) is 3. The zero-order chi connectivity index (χ0) is 17.5. The Balaban J connectivity index is 2.19. The van der Waals surface area contributed by atoms with Gasteiger partial charge in [-0.25, -0.2) is 4.39 Å². The zero-order valence-electron chi connectivity index (χ0n) is 13.5. The highest BCUT2D eigenvalue weighted by Gasteiger charge is 2.06. The second-order valence-corrected chi connectivity index (χ2v) is 5.27. The van der Waals surface area contributed by atoms with Gasteiger partial charge in [0.15, 0.2) is 0 Å². The number of nitriles is 1. The molecular weight excluding hydrogens is 305 g/mol. The van der Waals surface area contributed by atoms with Gasteiger partial charge < -0.3 is 4.74 Å². The molecule has 0 amide bonds. The lowest BCUT2D eigenvalue weighted by Crippen LogP contribution is -2.03. The molecule has 0 saturated carbocycles. The van der Waals surface area contributed by atoms with Crippen LogP contribution in [0.2, 0.25) is 0 Å². The van der Waals surface area contributed by atoms with E-state index >= 15 is 0 Å². The number of benzene rings is 2. The van der Waals surface area contributed by atoms with Crippen molar-refractivity contribution in [3.05, 3.63) is 70.0 Å². The highest BCUT2D eigenvalue weighted by Crippen LogP contribution is 2.13. The predicted molar refractivity (Wildman–Crippen MR) is 88.6 cm³/mol. The number of methoxy groups -OCH3 is 1.